The van der Waals surface area contributed by atoms with Gasteiger partial charge in [0.15, 0.2) is 0 Å². The second-order valence-electron chi connectivity index (χ2n) is 6.19. The molecule has 0 aromatic heterocycles. The van der Waals surface area contributed by atoms with Crippen molar-refractivity contribution in [3.8, 4) is 0 Å². The molecule has 1 N–H and O–H groups in total. The van der Waals surface area contributed by atoms with Crippen molar-refractivity contribution >= 4 is 17.5 Å². The van der Waals surface area contributed by atoms with Crippen LogP contribution in [-0.4, -0.2) is 25.4 Å². The van der Waals surface area contributed by atoms with Gasteiger partial charge in [0, 0.05) is 31.8 Å². The first kappa shape index (κ1) is 16.5. The highest BCUT2D eigenvalue weighted by Gasteiger charge is 2.14. The van der Waals surface area contributed by atoms with Crippen molar-refractivity contribution in [2.45, 2.75) is 45.4 Å². The minimum Gasteiger partial charge on any atom is -0.352 e. The number of nitrogens with zero attached hydrogens (tertiary/aromatic N) is 1. The summed E-state index contributed by atoms with van der Waals surface area (Å²) in [5.74, 6) is 0.571. The monoisotopic (exact) mass is 302 g/mol. The van der Waals surface area contributed by atoms with Crippen LogP contribution in [0, 0.1) is 5.92 Å². The molecule has 0 spiro atoms. The van der Waals surface area contributed by atoms with Crippen LogP contribution in [0.15, 0.2) is 24.3 Å². The lowest BCUT2D eigenvalue weighted by molar-refractivity contribution is -0.116. The van der Waals surface area contributed by atoms with Gasteiger partial charge < -0.3 is 10.2 Å². The number of anilines is 1. The van der Waals surface area contributed by atoms with Gasteiger partial charge in [0.05, 0.1) is 0 Å². The minimum absolute atomic E-state index is 0.0226. The molecule has 4 heteroatoms. The highest BCUT2D eigenvalue weighted by molar-refractivity contribution is 5.95. The van der Waals surface area contributed by atoms with Gasteiger partial charge in [0.2, 0.25) is 5.91 Å². The van der Waals surface area contributed by atoms with E-state index in [1.54, 1.807) is 24.1 Å². The highest BCUT2D eigenvalue weighted by atomic mass is 16.2. The van der Waals surface area contributed by atoms with Gasteiger partial charge in [-0.15, -0.1) is 0 Å². The number of hydrogen-bond acceptors (Lipinski definition) is 2. The van der Waals surface area contributed by atoms with Gasteiger partial charge in [-0.05, 0) is 43.0 Å². The number of rotatable bonds is 4. The lowest BCUT2D eigenvalue weighted by atomic mass is 10.0. The van der Waals surface area contributed by atoms with E-state index in [1.165, 1.54) is 45.4 Å². The van der Waals surface area contributed by atoms with Crippen molar-refractivity contribution in [3.63, 3.8) is 0 Å². The zero-order chi connectivity index (χ0) is 15.9. The summed E-state index contributed by atoms with van der Waals surface area (Å²) in [4.78, 5) is 25.1. The molecular formula is C18H26N2O2. The summed E-state index contributed by atoms with van der Waals surface area (Å²) >= 11 is 0. The Morgan fingerprint density at radius 2 is 1.68 bits per heavy atom. The molecule has 1 aromatic carbocycles. The Kier molecular flexibility index (Phi) is 5.99. The van der Waals surface area contributed by atoms with Gasteiger partial charge in [0.25, 0.3) is 5.91 Å². The molecule has 1 aromatic rings. The van der Waals surface area contributed by atoms with Crippen LogP contribution in [-0.2, 0) is 4.79 Å². The van der Waals surface area contributed by atoms with Crippen LogP contribution in [0.1, 0.15) is 55.8 Å². The van der Waals surface area contributed by atoms with Gasteiger partial charge in [-0.25, -0.2) is 0 Å². The molecule has 0 atom stereocenters. The van der Waals surface area contributed by atoms with Gasteiger partial charge >= 0.3 is 0 Å². The zero-order valence-corrected chi connectivity index (χ0v) is 13.6. The van der Waals surface area contributed by atoms with Crippen molar-refractivity contribution in [1.82, 2.24) is 5.32 Å². The third-order valence-electron chi connectivity index (χ3n) is 4.52. The summed E-state index contributed by atoms with van der Waals surface area (Å²) in [6.07, 6.45) is 7.68. The number of benzene rings is 1. The summed E-state index contributed by atoms with van der Waals surface area (Å²) in [6.45, 7) is 2.29. The van der Waals surface area contributed by atoms with E-state index in [-0.39, 0.29) is 11.8 Å². The first-order valence-corrected chi connectivity index (χ1v) is 8.20. The van der Waals surface area contributed by atoms with E-state index in [0.29, 0.717) is 11.5 Å². The zero-order valence-electron chi connectivity index (χ0n) is 13.6. The average Bonchev–Trinajstić information content (AvgIpc) is 2.80. The Morgan fingerprint density at radius 3 is 2.23 bits per heavy atom. The summed E-state index contributed by atoms with van der Waals surface area (Å²) in [5, 5.41) is 3.05. The summed E-state index contributed by atoms with van der Waals surface area (Å²) in [7, 11) is 1.73. The molecule has 1 fully saturated rings. The van der Waals surface area contributed by atoms with Crippen LogP contribution >= 0.6 is 0 Å². The van der Waals surface area contributed by atoms with Crippen LogP contribution in [0.3, 0.4) is 0 Å². The second-order valence-corrected chi connectivity index (χ2v) is 6.19. The topological polar surface area (TPSA) is 49.4 Å². The summed E-state index contributed by atoms with van der Waals surface area (Å²) in [6, 6.07) is 7.17. The smallest absolute Gasteiger partial charge is 0.251 e. The van der Waals surface area contributed by atoms with Crippen molar-refractivity contribution in [2.24, 2.45) is 5.92 Å². The SMILES string of the molecule is CC(=O)N(C)c1ccc(C(=O)NCC2CCCCCC2)cc1. The molecule has 0 heterocycles. The number of amides is 2. The summed E-state index contributed by atoms with van der Waals surface area (Å²) in [5.41, 5.74) is 1.45. The Morgan fingerprint density at radius 1 is 1.09 bits per heavy atom. The molecule has 1 aliphatic carbocycles. The fourth-order valence-electron chi connectivity index (χ4n) is 2.93. The molecule has 0 saturated heterocycles. The number of carbonyl (C=O) groups is 2. The predicted octanol–water partition coefficient (Wildman–Crippen LogP) is 3.37. The standard InChI is InChI=1S/C18H26N2O2/c1-14(21)20(2)17-11-9-16(10-12-17)18(22)19-13-15-7-5-3-4-6-8-15/h9-12,15H,3-8,13H2,1-2H3,(H,19,22). The molecule has 0 bridgehead atoms. The fourth-order valence-corrected chi connectivity index (χ4v) is 2.93. The van der Waals surface area contributed by atoms with Crippen molar-refractivity contribution in [1.29, 1.82) is 0 Å². The van der Waals surface area contributed by atoms with Crippen molar-refractivity contribution in [3.05, 3.63) is 29.8 Å². The van der Waals surface area contributed by atoms with Crippen LogP contribution < -0.4 is 10.2 Å². The van der Waals surface area contributed by atoms with Gasteiger partial charge in [-0.1, -0.05) is 25.7 Å². The molecule has 0 unspecified atom stereocenters. The van der Waals surface area contributed by atoms with Crippen LogP contribution in [0.4, 0.5) is 5.69 Å². The third kappa shape index (κ3) is 4.58. The van der Waals surface area contributed by atoms with E-state index in [4.69, 9.17) is 0 Å². The molecular weight excluding hydrogens is 276 g/mol. The van der Waals surface area contributed by atoms with Crippen molar-refractivity contribution in [2.75, 3.05) is 18.5 Å². The largest absolute Gasteiger partial charge is 0.352 e. The first-order chi connectivity index (χ1) is 10.6. The van der Waals surface area contributed by atoms with Crippen LogP contribution in [0.2, 0.25) is 0 Å². The number of nitrogens with one attached hydrogen (secondary N) is 1. The lowest BCUT2D eigenvalue weighted by Gasteiger charge is -2.16. The van der Waals surface area contributed by atoms with E-state index in [0.717, 1.165) is 12.2 Å². The summed E-state index contributed by atoms with van der Waals surface area (Å²) < 4.78 is 0. The predicted molar refractivity (Wildman–Crippen MR) is 89.1 cm³/mol. The molecule has 0 aliphatic heterocycles. The highest BCUT2D eigenvalue weighted by Crippen LogP contribution is 2.22. The number of hydrogen-bond donors (Lipinski definition) is 1. The molecule has 1 aliphatic rings. The molecule has 120 valence electrons. The van der Waals surface area contributed by atoms with Gasteiger partial charge in [-0.2, -0.15) is 0 Å². The first-order valence-electron chi connectivity index (χ1n) is 8.20. The molecule has 2 rings (SSSR count). The van der Waals surface area contributed by atoms with E-state index in [2.05, 4.69) is 5.32 Å². The fraction of sp³-hybridized carbons (Fsp3) is 0.556. The van der Waals surface area contributed by atoms with E-state index in [1.807, 2.05) is 12.1 Å². The maximum atomic E-state index is 12.2. The Hall–Kier alpha value is -1.84. The maximum absolute atomic E-state index is 12.2. The Balaban J connectivity index is 1.88. The minimum atomic E-state index is -0.0266. The second kappa shape index (κ2) is 7.97. The van der Waals surface area contributed by atoms with Crippen LogP contribution in [0.25, 0.3) is 0 Å². The maximum Gasteiger partial charge on any atom is 0.251 e. The normalized spacial score (nSPS) is 15.9. The molecule has 0 radical (unpaired) electrons. The number of carbonyl (C=O) groups excluding carboxylic acids is 2. The molecule has 22 heavy (non-hydrogen) atoms. The molecule has 2 amide bonds. The lowest BCUT2D eigenvalue weighted by Crippen LogP contribution is -2.29. The van der Waals surface area contributed by atoms with Gasteiger partial charge in [0.1, 0.15) is 0 Å². The van der Waals surface area contributed by atoms with E-state index in [9.17, 15) is 9.59 Å². The average molecular weight is 302 g/mol. The Bertz CT molecular complexity index is 502. The molecule has 1 saturated carbocycles. The van der Waals surface area contributed by atoms with E-state index >= 15 is 0 Å². The van der Waals surface area contributed by atoms with Crippen LogP contribution in [0.5, 0.6) is 0 Å². The Labute approximate surface area is 132 Å². The van der Waals surface area contributed by atoms with Crippen molar-refractivity contribution < 1.29 is 9.59 Å². The van der Waals surface area contributed by atoms with Gasteiger partial charge in [-0.3, -0.25) is 9.59 Å². The molecule has 4 nitrogen and oxygen atoms in total. The third-order valence-corrected chi connectivity index (χ3v) is 4.52. The van der Waals surface area contributed by atoms with E-state index < -0.39 is 0 Å². The quantitative estimate of drug-likeness (QED) is 0.867.